The van der Waals surface area contributed by atoms with E-state index in [0.29, 0.717) is 5.82 Å². The maximum absolute atomic E-state index is 9.42. The van der Waals surface area contributed by atoms with Gasteiger partial charge in [-0.3, -0.25) is 0 Å². The molecule has 0 fully saturated rings. The fourth-order valence-electron chi connectivity index (χ4n) is 1.74. The van der Waals surface area contributed by atoms with Gasteiger partial charge in [-0.1, -0.05) is 12.1 Å². The summed E-state index contributed by atoms with van der Waals surface area (Å²) in [7, 11) is 0. The SMILES string of the molecule is Cc1nc(-c2cccc(O)c2)nc(C)c1CO. The third-order valence-corrected chi connectivity index (χ3v) is 2.68. The lowest BCUT2D eigenvalue weighted by Crippen LogP contribution is -2.02. The van der Waals surface area contributed by atoms with Crippen LogP contribution >= 0.6 is 0 Å². The molecule has 0 spiro atoms. The van der Waals surface area contributed by atoms with Crippen molar-refractivity contribution in [2.24, 2.45) is 0 Å². The number of aromatic hydroxyl groups is 1. The Bertz CT molecular complexity index is 530. The molecule has 4 nitrogen and oxygen atoms in total. The molecular weight excluding hydrogens is 216 g/mol. The van der Waals surface area contributed by atoms with E-state index in [1.165, 1.54) is 0 Å². The highest BCUT2D eigenvalue weighted by molar-refractivity contribution is 5.58. The van der Waals surface area contributed by atoms with Gasteiger partial charge in [0, 0.05) is 22.5 Å². The van der Waals surface area contributed by atoms with Crippen molar-refractivity contribution in [2.45, 2.75) is 20.5 Å². The van der Waals surface area contributed by atoms with Gasteiger partial charge in [-0.2, -0.15) is 0 Å². The zero-order chi connectivity index (χ0) is 12.4. The highest BCUT2D eigenvalue weighted by Crippen LogP contribution is 2.22. The maximum atomic E-state index is 9.42. The van der Waals surface area contributed by atoms with Crippen molar-refractivity contribution >= 4 is 0 Å². The van der Waals surface area contributed by atoms with Crippen LogP contribution in [0.15, 0.2) is 24.3 Å². The van der Waals surface area contributed by atoms with Gasteiger partial charge in [-0.15, -0.1) is 0 Å². The normalized spacial score (nSPS) is 10.5. The van der Waals surface area contributed by atoms with Gasteiger partial charge < -0.3 is 10.2 Å². The van der Waals surface area contributed by atoms with Crippen molar-refractivity contribution in [1.82, 2.24) is 9.97 Å². The molecular formula is C13H14N2O2. The molecule has 0 atom stereocenters. The molecule has 0 aliphatic heterocycles. The van der Waals surface area contributed by atoms with E-state index in [2.05, 4.69) is 9.97 Å². The Hall–Kier alpha value is -1.94. The highest BCUT2D eigenvalue weighted by Gasteiger charge is 2.09. The first-order chi connectivity index (χ1) is 8.11. The number of rotatable bonds is 2. The molecule has 0 saturated carbocycles. The van der Waals surface area contributed by atoms with E-state index in [-0.39, 0.29) is 12.4 Å². The molecule has 1 aromatic carbocycles. The quantitative estimate of drug-likeness (QED) is 0.827. The van der Waals surface area contributed by atoms with Crippen molar-refractivity contribution in [3.05, 3.63) is 41.2 Å². The Morgan fingerprint density at radius 3 is 2.29 bits per heavy atom. The summed E-state index contributed by atoms with van der Waals surface area (Å²) in [6.45, 7) is 3.62. The summed E-state index contributed by atoms with van der Waals surface area (Å²) in [4.78, 5) is 8.67. The lowest BCUT2D eigenvalue weighted by molar-refractivity contribution is 0.279. The van der Waals surface area contributed by atoms with E-state index < -0.39 is 0 Å². The average Bonchev–Trinajstić information content (AvgIpc) is 2.28. The molecule has 4 heteroatoms. The predicted octanol–water partition coefficient (Wildman–Crippen LogP) is 1.96. The minimum atomic E-state index is -0.0576. The molecule has 2 N–H and O–H groups in total. The molecule has 0 radical (unpaired) electrons. The second-order valence-corrected chi connectivity index (χ2v) is 3.91. The number of nitrogens with zero attached hydrogens (tertiary/aromatic N) is 2. The van der Waals surface area contributed by atoms with Crippen LogP contribution in [0.1, 0.15) is 17.0 Å². The van der Waals surface area contributed by atoms with Crippen LogP contribution in [0.2, 0.25) is 0 Å². The molecule has 0 aliphatic carbocycles. The number of benzene rings is 1. The lowest BCUT2D eigenvalue weighted by atomic mass is 10.1. The number of phenols is 1. The first-order valence-corrected chi connectivity index (χ1v) is 5.36. The van der Waals surface area contributed by atoms with Crippen molar-refractivity contribution in [2.75, 3.05) is 0 Å². The highest BCUT2D eigenvalue weighted by atomic mass is 16.3. The summed E-state index contributed by atoms with van der Waals surface area (Å²) in [6, 6.07) is 6.81. The van der Waals surface area contributed by atoms with Crippen LogP contribution in [-0.2, 0) is 6.61 Å². The minimum absolute atomic E-state index is 0.0576. The van der Waals surface area contributed by atoms with Crippen LogP contribution in [0.25, 0.3) is 11.4 Å². The molecule has 2 rings (SSSR count). The van der Waals surface area contributed by atoms with Gasteiger partial charge in [0.2, 0.25) is 0 Å². The van der Waals surface area contributed by atoms with Gasteiger partial charge in [0.25, 0.3) is 0 Å². The van der Waals surface area contributed by atoms with Crippen LogP contribution < -0.4 is 0 Å². The van der Waals surface area contributed by atoms with E-state index in [0.717, 1.165) is 22.5 Å². The second-order valence-electron chi connectivity index (χ2n) is 3.91. The third-order valence-electron chi connectivity index (χ3n) is 2.68. The Balaban J connectivity index is 2.54. The third kappa shape index (κ3) is 2.26. The summed E-state index contributed by atoms with van der Waals surface area (Å²) in [5, 5.41) is 18.6. The summed E-state index contributed by atoms with van der Waals surface area (Å²) in [6.07, 6.45) is 0. The van der Waals surface area contributed by atoms with Crippen LogP contribution in [0, 0.1) is 13.8 Å². The molecule has 0 saturated heterocycles. The molecule has 17 heavy (non-hydrogen) atoms. The van der Waals surface area contributed by atoms with Gasteiger partial charge in [0.05, 0.1) is 6.61 Å². The van der Waals surface area contributed by atoms with Gasteiger partial charge in [0.15, 0.2) is 5.82 Å². The van der Waals surface area contributed by atoms with Gasteiger partial charge >= 0.3 is 0 Å². The Kier molecular flexibility index (Phi) is 3.06. The molecule has 0 bridgehead atoms. The number of aliphatic hydroxyl groups excluding tert-OH is 1. The average molecular weight is 230 g/mol. The van der Waals surface area contributed by atoms with E-state index in [1.54, 1.807) is 18.2 Å². The lowest BCUT2D eigenvalue weighted by Gasteiger charge is -2.08. The number of hydrogen-bond acceptors (Lipinski definition) is 4. The molecule has 0 amide bonds. The first-order valence-electron chi connectivity index (χ1n) is 5.36. The molecule has 88 valence electrons. The van der Waals surface area contributed by atoms with Gasteiger partial charge in [-0.25, -0.2) is 9.97 Å². The van der Waals surface area contributed by atoms with Crippen molar-refractivity contribution in [3.8, 4) is 17.1 Å². The standard InChI is InChI=1S/C13H14N2O2/c1-8-12(7-16)9(2)15-13(14-8)10-4-3-5-11(17)6-10/h3-6,16-17H,7H2,1-2H3. The Morgan fingerprint density at radius 1 is 1.12 bits per heavy atom. The fourth-order valence-corrected chi connectivity index (χ4v) is 1.74. The van der Waals surface area contributed by atoms with Crippen LogP contribution in [0.3, 0.4) is 0 Å². The molecule has 2 aromatic rings. The van der Waals surface area contributed by atoms with E-state index in [4.69, 9.17) is 0 Å². The van der Waals surface area contributed by atoms with Crippen LogP contribution in [0.5, 0.6) is 5.75 Å². The Labute approximate surface area is 99.6 Å². The predicted molar refractivity (Wildman–Crippen MR) is 64.5 cm³/mol. The summed E-state index contributed by atoms with van der Waals surface area (Å²) < 4.78 is 0. The van der Waals surface area contributed by atoms with Gasteiger partial charge in [0.1, 0.15) is 5.75 Å². The number of phenolic OH excluding ortho intramolecular Hbond substituents is 1. The van der Waals surface area contributed by atoms with E-state index in [9.17, 15) is 10.2 Å². The zero-order valence-electron chi connectivity index (χ0n) is 9.81. The van der Waals surface area contributed by atoms with Crippen LogP contribution in [-0.4, -0.2) is 20.2 Å². The summed E-state index contributed by atoms with van der Waals surface area (Å²) in [5.41, 5.74) is 3.05. The minimum Gasteiger partial charge on any atom is -0.508 e. The zero-order valence-corrected chi connectivity index (χ0v) is 9.81. The van der Waals surface area contributed by atoms with Crippen molar-refractivity contribution in [3.63, 3.8) is 0 Å². The molecule has 1 aromatic heterocycles. The van der Waals surface area contributed by atoms with Crippen molar-refractivity contribution < 1.29 is 10.2 Å². The maximum Gasteiger partial charge on any atom is 0.159 e. The number of aromatic nitrogens is 2. The number of aryl methyl sites for hydroxylation is 2. The van der Waals surface area contributed by atoms with E-state index >= 15 is 0 Å². The topological polar surface area (TPSA) is 66.2 Å². The fraction of sp³-hybridized carbons (Fsp3) is 0.231. The Morgan fingerprint density at radius 2 is 1.76 bits per heavy atom. The smallest absolute Gasteiger partial charge is 0.159 e. The first kappa shape index (κ1) is 11.5. The number of aliphatic hydroxyl groups is 1. The summed E-state index contributed by atoms with van der Waals surface area (Å²) in [5.74, 6) is 0.751. The monoisotopic (exact) mass is 230 g/mol. The summed E-state index contributed by atoms with van der Waals surface area (Å²) >= 11 is 0. The molecule has 1 heterocycles. The van der Waals surface area contributed by atoms with E-state index in [1.807, 2.05) is 19.9 Å². The van der Waals surface area contributed by atoms with Gasteiger partial charge in [-0.05, 0) is 26.0 Å². The molecule has 0 aliphatic rings. The number of hydrogen-bond donors (Lipinski definition) is 2. The van der Waals surface area contributed by atoms with Crippen LogP contribution in [0.4, 0.5) is 0 Å². The van der Waals surface area contributed by atoms with Crippen molar-refractivity contribution in [1.29, 1.82) is 0 Å². The second kappa shape index (κ2) is 4.51. The largest absolute Gasteiger partial charge is 0.508 e. The molecule has 0 unspecified atom stereocenters.